The highest BCUT2D eigenvalue weighted by molar-refractivity contribution is 7.94. The van der Waals surface area contributed by atoms with Crippen molar-refractivity contribution in [2.24, 2.45) is 5.73 Å². The van der Waals surface area contributed by atoms with Crippen LogP contribution in [0, 0.1) is 0 Å². The second kappa shape index (κ2) is 3.43. The fraction of sp³-hybridized carbons (Fsp3) is 0.385. The average Bonchev–Trinajstić information content (AvgIpc) is 2.95. The Morgan fingerprint density at radius 3 is 2.76 bits per heavy atom. The van der Waals surface area contributed by atoms with Crippen molar-refractivity contribution in [3.8, 4) is 0 Å². The molecule has 0 atom stereocenters. The predicted octanol–water partition coefficient (Wildman–Crippen LogP) is 1.87. The highest BCUT2D eigenvalue weighted by Gasteiger charge is 2.37. The van der Waals surface area contributed by atoms with Crippen molar-refractivity contribution in [3.05, 3.63) is 34.7 Å². The van der Waals surface area contributed by atoms with E-state index < -0.39 is 9.84 Å². The molecule has 2 N–H and O–H groups in total. The lowest BCUT2D eigenvalue weighted by Crippen LogP contribution is -2.22. The largest absolute Gasteiger partial charge is 0.325 e. The molecule has 0 radical (unpaired) electrons. The quantitative estimate of drug-likeness (QED) is 0.889. The van der Waals surface area contributed by atoms with Crippen molar-refractivity contribution in [2.45, 2.75) is 36.1 Å². The van der Waals surface area contributed by atoms with Crippen LogP contribution in [-0.4, -0.2) is 14.0 Å². The van der Waals surface area contributed by atoms with E-state index in [4.69, 9.17) is 5.73 Å². The summed E-state index contributed by atoms with van der Waals surface area (Å²) in [6, 6.07) is 5.56. The number of hydrogen-bond acceptors (Lipinski definition) is 3. The van der Waals surface area contributed by atoms with Crippen LogP contribution in [0.15, 0.2) is 28.5 Å². The lowest BCUT2D eigenvalue weighted by atomic mass is 10.0. The average molecular weight is 249 g/mol. The standard InChI is InChI=1S/C13H15NO2S/c14-13(6-7-13)5-3-10-1-2-12-11(9-10)4-8-17(12,15)16/h1-2,4,8-9H,3,5-7,14H2. The van der Waals surface area contributed by atoms with Gasteiger partial charge in [0.2, 0.25) is 0 Å². The molecule has 0 amide bonds. The van der Waals surface area contributed by atoms with Crippen LogP contribution in [-0.2, 0) is 16.3 Å². The molecule has 0 unspecified atom stereocenters. The zero-order valence-electron chi connectivity index (χ0n) is 9.52. The number of rotatable bonds is 3. The van der Waals surface area contributed by atoms with Crippen LogP contribution >= 0.6 is 0 Å². The summed E-state index contributed by atoms with van der Waals surface area (Å²) in [5.74, 6) is 0. The van der Waals surface area contributed by atoms with Crippen LogP contribution in [0.2, 0.25) is 0 Å². The summed E-state index contributed by atoms with van der Waals surface area (Å²) >= 11 is 0. The number of hydrogen-bond donors (Lipinski definition) is 1. The van der Waals surface area contributed by atoms with Gasteiger partial charge in [-0.25, -0.2) is 8.42 Å². The van der Waals surface area contributed by atoms with E-state index in [-0.39, 0.29) is 5.54 Å². The molecule has 0 spiro atoms. The summed E-state index contributed by atoms with van der Waals surface area (Å²) in [4.78, 5) is 0.426. The summed E-state index contributed by atoms with van der Waals surface area (Å²) in [6.07, 6.45) is 5.82. The third-order valence-electron chi connectivity index (χ3n) is 3.61. The molecular formula is C13H15NO2S. The highest BCUT2D eigenvalue weighted by Crippen LogP contribution is 2.37. The maximum atomic E-state index is 11.6. The van der Waals surface area contributed by atoms with Crippen LogP contribution in [0.1, 0.15) is 30.4 Å². The van der Waals surface area contributed by atoms with Crippen molar-refractivity contribution in [1.29, 1.82) is 0 Å². The van der Waals surface area contributed by atoms with Crippen molar-refractivity contribution in [2.75, 3.05) is 0 Å². The van der Waals surface area contributed by atoms with Gasteiger partial charge >= 0.3 is 0 Å². The molecule has 3 nitrogen and oxygen atoms in total. The van der Waals surface area contributed by atoms with Gasteiger partial charge < -0.3 is 5.73 Å². The normalized spacial score (nSPS) is 22.4. The summed E-state index contributed by atoms with van der Waals surface area (Å²) in [5, 5.41) is 1.27. The monoisotopic (exact) mass is 249 g/mol. The van der Waals surface area contributed by atoms with E-state index >= 15 is 0 Å². The van der Waals surface area contributed by atoms with E-state index in [9.17, 15) is 8.42 Å². The molecule has 1 aromatic carbocycles. The topological polar surface area (TPSA) is 60.2 Å². The molecule has 1 aliphatic carbocycles. The van der Waals surface area contributed by atoms with Crippen LogP contribution < -0.4 is 5.73 Å². The SMILES string of the molecule is NC1(CCc2ccc3c(c2)C=CS3(=O)=O)CC1. The van der Waals surface area contributed by atoms with Gasteiger partial charge in [0, 0.05) is 10.9 Å². The molecule has 3 rings (SSSR count). The first-order valence-corrected chi connectivity index (χ1v) is 7.38. The molecular weight excluding hydrogens is 234 g/mol. The van der Waals surface area contributed by atoms with Crippen molar-refractivity contribution >= 4 is 15.9 Å². The molecule has 0 saturated heterocycles. The van der Waals surface area contributed by atoms with Gasteiger partial charge in [0.05, 0.1) is 4.90 Å². The molecule has 1 fully saturated rings. The van der Waals surface area contributed by atoms with Gasteiger partial charge in [0.25, 0.3) is 0 Å². The lowest BCUT2D eigenvalue weighted by Gasteiger charge is -2.09. The minimum absolute atomic E-state index is 0.0565. The fourth-order valence-electron chi connectivity index (χ4n) is 2.18. The molecule has 0 bridgehead atoms. The maximum Gasteiger partial charge on any atom is 0.200 e. The Labute approximate surface area is 101 Å². The van der Waals surface area contributed by atoms with Crippen LogP contribution in [0.4, 0.5) is 0 Å². The Kier molecular flexibility index (Phi) is 2.22. The second-order valence-electron chi connectivity index (χ2n) is 5.08. The molecule has 17 heavy (non-hydrogen) atoms. The van der Waals surface area contributed by atoms with E-state index in [2.05, 4.69) is 0 Å². The van der Waals surface area contributed by atoms with E-state index in [0.29, 0.717) is 4.90 Å². The second-order valence-corrected chi connectivity index (χ2v) is 6.88. The number of benzene rings is 1. The minimum atomic E-state index is -3.16. The molecule has 1 heterocycles. The van der Waals surface area contributed by atoms with E-state index in [1.807, 2.05) is 12.1 Å². The Balaban J connectivity index is 1.83. The first-order chi connectivity index (χ1) is 7.99. The molecule has 90 valence electrons. The first-order valence-electron chi connectivity index (χ1n) is 5.84. The highest BCUT2D eigenvalue weighted by atomic mass is 32.2. The Morgan fingerprint density at radius 1 is 1.29 bits per heavy atom. The fourth-order valence-corrected chi connectivity index (χ4v) is 3.37. The smallest absolute Gasteiger partial charge is 0.200 e. The zero-order chi connectivity index (χ0) is 12.1. The summed E-state index contributed by atoms with van der Waals surface area (Å²) < 4.78 is 23.2. The number of sulfone groups is 1. The van der Waals surface area contributed by atoms with Gasteiger partial charge in [-0.2, -0.15) is 0 Å². The van der Waals surface area contributed by atoms with Gasteiger partial charge in [-0.1, -0.05) is 12.1 Å². The lowest BCUT2D eigenvalue weighted by molar-refractivity contribution is 0.604. The van der Waals surface area contributed by atoms with E-state index in [0.717, 1.165) is 31.2 Å². The Bertz CT molecular complexity index is 598. The van der Waals surface area contributed by atoms with E-state index in [1.165, 1.54) is 11.0 Å². The van der Waals surface area contributed by atoms with Crippen molar-refractivity contribution < 1.29 is 8.42 Å². The van der Waals surface area contributed by atoms with Gasteiger partial charge in [-0.3, -0.25) is 0 Å². The molecule has 0 aromatic heterocycles. The molecule has 1 saturated carbocycles. The summed E-state index contributed by atoms with van der Waals surface area (Å²) in [6.45, 7) is 0. The number of nitrogens with two attached hydrogens (primary N) is 1. The molecule has 1 aromatic rings. The zero-order valence-corrected chi connectivity index (χ0v) is 10.3. The Morgan fingerprint density at radius 2 is 2.06 bits per heavy atom. The van der Waals surface area contributed by atoms with Crippen molar-refractivity contribution in [3.63, 3.8) is 0 Å². The number of fused-ring (bicyclic) bond motifs is 1. The molecule has 4 heteroatoms. The minimum Gasteiger partial charge on any atom is -0.325 e. The van der Waals surface area contributed by atoms with Crippen LogP contribution in [0.3, 0.4) is 0 Å². The summed E-state index contributed by atoms with van der Waals surface area (Å²) in [5.41, 5.74) is 8.08. The molecule has 2 aliphatic rings. The summed E-state index contributed by atoms with van der Waals surface area (Å²) in [7, 11) is -3.16. The van der Waals surface area contributed by atoms with Gasteiger partial charge in [0.1, 0.15) is 0 Å². The predicted molar refractivity (Wildman–Crippen MR) is 67.1 cm³/mol. The third kappa shape index (κ3) is 2.03. The van der Waals surface area contributed by atoms with E-state index in [1.54, 1.807) is 12.1 Å². The van der Waals surface area contributed by atoms with Gasteiger partial charge in [0.15, 0.2) is 9.84 Å². The van der Waals surface area contributed by atoms with Crippen LogP contribution in [0.5, 0.6) is 0 Å². The Hall–Kier alpha value is -1.13. The van der Waals surface area contributed by atoms with Gasteiger partial charge in [-0.15, -0.1) is 0 Å². The molecule has 1 aliphatic heterocycles. The van der Waals surface area contributed by atoms with Crippen LogP contribution in [0.25, 0.3) is 6.08 Å². The van der Waals surface area contributed by atoms with Gasteiger partial charge in [-0.05, 0) is 49.0 Å². The first kappa shape index (κ1) is 11.0. The van der Waals surface area contributed by atoms with Crippen molar-refractivity contribution in [1.82, 2.24) is 0 Å². The number of aryl methyl sites for hydroxylation is 1. The third-order valence-corrected chi connectivity index (χ3v) is 5.09. The maximum absolute atomic E-state index is 11.6.